The third-order valence-electron chi connectivity index (χ3n) is 1.64. The molecule has 0 spiro atoms. The Kier molecular flexibility index (Phi) is 2.97. The SMILES string of the molecule is CO[Si](F)(OC)c1ccccc1. The lowest BCUT2D eigenvalue weighted by Crippen LogP contribution is -2.48. The lowest BCUT2D eigenvalue weighted by atomic mass is 10.4. The van der Waals surface area contributed by atoms with Crippen LogP contribution in [0.2, 0.25) is 0 Å². The van der Waals surface area contributed by atoms with Gasteiger partial charge in [0.2, 0.25) is 0 Å². The summed E-state index contributed by atoms with van der Waals surface area (Å²) in [5, 5.41) is 0.495. The van der Waals surface area contributed by atoms with E-state index in [4.69, 9.17) is 8.85 Å². The first kappa shape index (κ1) is 9.38. The fourth-order valence-corrected chi connectivity index (χ4v) is 2.18. The van der Waals surface area contributed by atoms with Crippen molar-refractivity contribution in [2.24, 2.45) is 0 Å². The molecule has 0 bridgehead atoms. The van der Waals surface area contributed by atoms with Crippen LogP contribution in [-0.4, -0.2) is 23.1 Å². The standard InChI is InChI=1S/C8H11FO2Si/c1-10-12(9,11-2)8-6-4-3-5-7-8/h3-7H,1-2H3. The van der Waals surface area contributed by atoms with Crippen LogP contribution in [0.3, 0.4) is 0 Å². The van der Waals surface area contributed by atoms with Crippen molar-refractivity contribution in [1.82, 2.24) is 0 Å². The molecular formula is C8H11FO2Si. The van der Waals surface area contributed by atoms with Gasteiger partial charge < -0.3 is 8.85 Å². The van der Waals surface area contributed by atoms with Gasteiger partial charge in [-0.05, 0) is 0 Å². The maximum Gasteiger partial charge on any atom is 0.575 e. The van der Waals surface area contributed by atoms with Gasteiger partial charge in [0.1, 0.15) is 0 Å². The van der Waals surface area contributed by atoms with E-state index in [1.54, 1.807) is 24.3 Å². The molecular weight excluding hydrogens is 175 g/mol. The maximum absolute atomic E-state index is 13.7. The van der Waals surface area contributed by atoms with E-state index in [0.717, 1.165) is 0 Å². The molecule has 0 saturated heterocycles. The van der Waals surface area contributed by atoms with Gasteiger partial charge in [0.25, 0.3) is 0 Å². The van der Waals surface area contributed by atoms with Crippen molar-refractivity contribution in [1.29, 1.82) is 0 Å². The molecule has 1 aromatic rings. The van der Waals surface area contributed by atoms with Crippen LogP contribution >= 0.6 is 0 Å². The molecule has 4 heteroatoms. The number of hydrogen-bond donors (Lipinski definition) is 0. The molecule has 0 radical (unpaired) electrons. The Balaban J connectivity index is 2.95. The minimum atomic E-state index is -3.57. The zero-order valence-corrected chi connectivity index (χ0v) is 8.08. The summed E-state index contributed by atoms with van der Waals surface area (Å²) >= 11 is 0. The van der Waals surface area contributed by atoms with E-state index in [1.807, 2.05) is 6.07 Å². The Hall–Kier alpha value is -0.713. The smallest absolute Gasteiger partial charge is 0.371 e. The predicted molar refractivity (Wildman–Crippen MR) is 47.0 cm³/mol. The highest BCUT2D eigenvalue weighted by molar-refractivity contribution is 6.74. The van der Waals surface area contributed by atoms with Gasteiger partial charge in [0.15, 0.2) is 0 Å². The lowest BCUT2D eigenvalue weighted by molar-refractivity contribution is 0.210. The Morgan fingerprint density at radius 1 is 1.08 bits per heavy atom. The first-order chi connectivity index (χ1) is 5.73. The van der Waals surface area contributed by atoms with E-state index in [0.29, 0.717) is 5.19 Å². The summed E-state index contributed by atoms with van der Waals surface area (Å²) in [4.78, 5) is 0. The number of benzene rings is 1. The van der Waals surface area contributed by atoms with E-state index in [2.05, 4.69) is 0 Å². The topological polar surface area (TPSA) is 18.5 Å². The first-order valence-corrected chi connectivity index (χ1v) is 5.27. The fourth-order valence-electron chi connectivity index (χ4n) is 0.956. The Morgan fingerprint density at radius 2 is 1.58 bits per heavy atom. The van der Waals surface area contributed by atoms with Gasteiger partial charge in [-0.1, -0.05) is 30.3 Å². The second kappa shape index (κ2) is 3.80. The van der Waals surface area contributed by atoms with Gasteiger partial charge in [-0.2, -0.15) is 0 Å². The summed E-state index contributed by atoms with van der Waals surface area (Å²) in [7, 11) is -0.929. The normalized spacial score (nSPS) is 11.6. The van der Waals surface area contributed by atoms with Crippen molar-refractivity contribution >= 4 is 14.1 Å². The average Bonchev–Trinajstić information content (AvgIpc) is 2.18. The summed E-state index contributed by atoms with van der Waals surface area (Å²) in [6.07, 6.45) is 0. The summed E-state index contributed by atoms with van der Waals surface area (Å²) in [6.45, 7) is 0. The minimum absolute atomic E-state index is 0.495. The Morgan fingerprint density at radius 3 is 2.00 bits per heavy atom. The van der Waals surface area contributed by atoms with Crippen molar-refractivity contribution in [3.63, 3.8) is 0 Å². The Bertz CT molecular complexity index is 236. The van der Waals surface area contributed by atoms with Crippen LogP contribution in [0.15, 0.2) is 30.3 Å². The number of rotatable bonds is 3. The average molecular weight is 186 g/mol. The van der Waals surface area contributed by atoms with Gasteiger partial charge in [0, 0.05) is 19.4 Å². The van der Waals surface area contributed by atoms with Gasteiger partial charge in [-0.25, -0.2) is 4.11 Å². The summed E-state index contributed by atoms with van der Waals surface area (Å²) in [5.41, 5.74) is 0. The Labute approximate surface area is 72.4 Å². The molecule has 0 aliphatic carbocycles. The van der Waals surface area contributed by atoms with E-state index in [9.17, 15) is 4.11 Å². The molecule has 0 heterocycles. The van der Waals surface area contributed by atoms with Crippen LogP contribution in [0, 0.1) is 0 Å². The molecule has 1 aromatic carbocycles. The van der Waals surface area contributed by atoms with Gasteiger partial charge in [0.05, 0.1) is 0 Å². The minimum Gasteiger partial charge on any atom is -0.371 e. The quantitative estimate of drug-likeness (QED) is 0.520. The van der Waals surface area contributed by atoms with Crippen molar-refractivity contribution in [2.75, 3.05) is 14.2 Å². The molecule has 0 atom stereocenters. The fraction of sp³-hybridized carbons (Fsp3) is 0.250. The number of halogens is 1. The van der Waals surface area contributed by atoms with Crippen LogP contribution in [0.4, 0.5) is 4.11 Å². The molecule has 0 N–H and O–H groups in total. The van der Waals surface area contributed by atoms with Crippen LogP contribution in [0.25, 0.3) is 0 Å². The van der Waals surface area contributed by atoms with E-state index in [1.165, 1.54) is 14.2 Å². The molecule has 0 aliphatic heterocycles. The molecule has 2 nitrogen and oxygen atoms in total. The molecule has 0 unspecified atom stereocenters. The van der Waals surface area contributed by atoms with Crippen molar-refractivity contribution < 1.29 is 13.0 Å². The van der Waals surface area contributed by atoms with Crippen molar-refractivity contribution in [3.8, 4) is 0 Å². The van der Waals surface area contributed by atoms with E-state index in [-0.39, 0.29) is 0 Å². The maximum atomic E-state index is 13.7. The van der Waals surface area contributed by atoms with Gasteiger partial charge in [-0.3, -0.25) is 0 Å². The lowest BCUT2D eigenvalue weighted by Gasteiger charge is -2.16. The van der Waals surface area contributed by atoms with Gasteiger partial charge in [-0.15, -0.1) is 0 Å². The van der Waals surface area contributed by atoms with Gasteiger partial charge >= 0.3 is 8.89 Å². The molecule has 0 aliphatic rings. The highest BCUT2D eigenvalue weighted by atomic mass is 28.4. The first-order valence-electron chi connectivity index (χ1n) is 3.57. The number of hydrogen-bond acceptors (Lipinski definition) is 2. The zero-order chi connectivity index (χ0) is 9.03. The van der Waals surface area contributed by atoms with Crippen LogP contribution < -0.4 is 5.19 Å². The van der Waals surface area contributed by atoms with Crippen molar-refractivity contribution in [2.45, 2.75) is 0 Å². The second-order valence-electron chi connectivity index (χ2n) is 2.31. The third kappa shape index (κ3) is 1.71. The van der Waals surface area contributed by atoms with Crippen molar-refractivity contribution in [3.05, 3.63) is 30.3 Å². The predicted octanol–water partition coefficient (Wildman–Crippen LogP) is 1.09. The largest absolute Gasteiger partial charge is 0.575 e. The van der Waals surface area contributed by atoms with E-state index < -0.39 is 8.89 Å². The zero-order valence-electron chi connectivity index (χ0n) is 7.08. The molecule has 12 heavy (non-hydrogen) atoms. The summed E-state index contributed by atoms with van der Waals surface area (Å²) in [5.74, 6) is 0. The van der Waals surface area contributed by atoms with Crippen LogP contribution in [0.1, 0.15) is 0 Å². The third-order valence-corrected chi connectivity index (χ3v) is 3.72. The molecule has 0 saturated carbocycles. The molecule has 1 rings (SSSR count). The second-order valence-corrected chi connectivity index (χ2v) is 4.78. The van der Waals surface area contributed by atoms with Crippen LogP contribution in [0.5, 0.6) is 0 Å². The molecule has 0 amide bonds. The van der Waals surface area contributed by atoms with Crippen LogP contribution in [-0.2, 0) is 8.85 Å². The monoisotopic (exact) mass is 186 g/mol. The highest BCUT2D eigenvalue weighted by Crippen LogP contribution is 2.06. The molecule has 0 aromatic heterocycles. The van der Waals surface area contributed by atoms with E-state index >= 15 is 0 Å². The summed E-state index contributed by atoms with van der Waals surface area (Å²) in [6, 6.07) is 8.67. The summed E-state index contributed by atoms with van der Waals surface area (Å²) < 4.78 is 23.1. The molecule has 66 valence electrons. The molecule has 0 fully saturated rings. The highest BCUT2D eigenvalue weighted by Gasteiger charge is 2.39.